The van der Waals surface area contributed by atoms with Crippen molar-refractivity contribution in [2.45, 2.75) is 32.3 Å². The first-order chi connectivity index (χ1) is 15.5. The molecule has 1 N–H and O–H groups in total. The second kappa shape index (κ2) is 11.3. The van der Waals surface area contributed by atoms with Gasteiger partial charge in [0.25, 0.3) is 0 Å². The maximum atomic E-state index is 14.5. The summed E-state index contributed by atoms with van der Waals surface area (Å²) in [7, 11) is 0. The van der Waals surface area contributed by atoms with Crippen molar-refractivity contribution >= 4 is 6.08 Å². The van der Waals surface area contributed by atoms with Crippen LogP contribution in [0.1, 0.15) is 31.7 Å². The van der Waals surface area contributed by atoms with Gasteiger partial charge in [-0.2, -0.15) is 4.39 Å². The molecule has 1 aromatic heterocycles. The van der Waals surface area contributed by atoms with Gasteiger partial charge in [-0.3, -0.25) is 4.98 Å². The number of nitrogens with zero attached hydrogens (tertiary/aromatic N) is 1. The maximum absolute atomic E-state index is 14.5. The fraction of sp³-hybridized carbons (Fsp3) is 0.222. The zero-order chi connectivity index (χ0) is 22.9. The molecule has 1 atom stereocenters. The normalized spacial score (nSPS) is 12.1. The van der Waals surface area contributed by atoms with Crippen molar-refractivity contribution in [1.29, 1.82) is 0 Å². The molecule has 0 radical (unpaired) electrons. The van der Waals surface area contributed by atoms with Crippen molar-refractivity contribution in [2.24, 2.45) is 0 Å². The Labute approximate surface area is 187 Å². The highest BCUT2D eigenvalue weighted by Gasteiger charge is 2.16. The number of aliphatic hydroxyl groups is 1. The summed E-state index contributed by atoms with van der Waals surface area (Å²) in [4.78, 5) is 4.43. The molecule has 3 nitrogen and oxygen atoms in total. The summed E-state index contributed by atoms with van der Waals surface area (Å²) >= 11 is 0. The molecular weight excluding hydrogens is 408 g/mol. The quantitative estimate of drug-likeness (QED) is 0.281. The van der Waals surface area contributed by atoms with Crippen LogP contribution < -0.4 is 4.74 Å². The van der Waals surface area contributed by atoms with Crippen LogP contribution in [0.3, 0.4) is 0 Å². The lowest BCUT2D eigenvalue weighted by atomic mass is 10.0. The van der Waals surface area contributed by atoms with Gasteiger partial charge in [-0.15, -0.1) is 0 Å². The largest absolute Gasteiger partial charge is 0.486 e. The van der Waals surface area contributed by atoms with Crippen LogP contribution in [0.15, 0.2) is 73.5 Å². The SMILES string of the molecule is C=CCOc1ccc(-c2ccc(-c3ccc(/C=C/CCCC(C)O)cc3)nc2)c(F)c1F. The predicted octanol–water partition coefficient (Wildman–Crippen LogP) is 6.82. The number of ether oxygens (including phenoxy) is 1. The number of aromatic nitrogens is 1. The van der Waals surface area contributed by atoms with Crippen LogP contribution in [0, 0.1) is 11.6 Å². The summed E-state index contributed by atoms with van der Waals surface area (Å²) < 4.78 is 33.9. The smallest absolute Gasteiger partial charge is 0.201 e. The molecule has 1 heterocycles. The van der Waals surface area contributed by atoms with Crippen molar-refractivity contribution < 1.29 is 18.6 Å². The van der Waals surface area contributed by atoms with E-state index >= 15 is 0 Å². The summed E-state index contributed by atoms with van der Waals surface area (Å²) in [5.74, 6) is -2.14. The molecule has 0 saturated heterocycles. The molecule has 0 amide bonds. The zero-order valence-electron chi connectivity index (χ0n) is 18.1. The molecule has 32 heavy (non-hydrogen) atoms. The molecule has 3 aromatic rings. The summed E-state index contributed by atoms with van der Waals surface area (Å²) in [6.07, 6.45) is 9.59. The molecule has 0 bridgehead atoms. The van der Waals surface area contributed by atoms with E-state index < -0.39 is 11.6 Å². The van der Waals surface area contributed by atoms with Gasteiger partial charge in [-0.25, -0.2) is 4.39 Å². The monoisotopic (exact) mass is 435 g/mol. The molecule has 0 spiro atoms. The van der Waals surface area contributed by atoms with Gasteiger partial charge in [-0.05, 0) is 49.9 Å². The molecule has 0 fully saturated rings. The van der Waals surface area contributed by atoms with Crippen LogP contribution in [0.2, 0.25) is 0 Å². The summed E-state index contributed by atoms with van der Waals surface area (Å²) in [6, 6.07) is 14.4. The number of halogens is 2. The van der Waals surface area contributed by atoms with E-state index in [1.165, 1.54) is 24.4 Å². The van der Waals surface area contributed by atoms with Crippen molar-refractivity contribution in [1.82, 2.24) is 4.98 Å². The standard InChI is InChI=1S/C27H27F2NO2/c1-3-17-32-25-16-14-23(26(28)27(25)29)22-13-15-24(30-18-22)21-11-9-20(10-12-21)8-6-4-5-7-19(2)31/h3,6,8-16,18-19,31H,1,4-5,7,17H2,2H3/b8-6+. The van der Waals surface area contributed by atoms with Crippen LogP contribution in [0.5, 0.6) is 5.75 Å². The van der Waals surface area contributed by atoms with E-state index in [4.69, 9.17) is 4.74 Å². The Hall–Kier alpha value is -3.31. The van der Waals surface area contributed by atoms with Crippen LogP contribution in [-0.2, 0) is 0 Å². The number of benzene rings is 2. The van der Waals surface area contributed by atoms with E-state index in [-0.39, 0.29) is 24.0 Å². The minimum Gasteiger partial charge on any atom is -0.486 e. The Bertz CT molecular complexity index is 1060. The molecule has 2 aromatic carbocycles. The molecule has 0 aliphatic carbocycles. The number of hydrogen-bond acceptors (Lipinski definition) is 3. The van der Waals surface area contributed by atoms with Gasteiger partial charge in [0.2, 0.25) is 5.82 Å². The second-order valence-corrected chi connectivity index (χ2v) is 7.58. The number of allylic oxidation sites excluding steroid dienone is 1. The molecule has 0 aliphatic heterocycles. The number of rotatable bonds is 10. The molecule has 0 saturated carbocycles. The Morgan fingerprint density at radius 3 is 2.44 bits per heavy atom. The fourth-order valence-electron chi connectivity index (χ4n) is 3.25. The van der Waals surface area contributed by atoms with Gasteiger partial charge in [0.15, 0.2) is 11.6 Å². The van der Waals surface area contributed by atoms with Gasteiger partial charge in [0.05, 0.1) is 11.8 Å². The maximum Gasteiger partial charge on any atom is 0.201 e. The Morgan fingerprint density at radius 2 is 1.78 bits per heavy atom. The molecular formula is C27H27F2NO2. The lowest BCUT2D eigenvalue weighted by Gasteiger charge is -2.10. The van der Waals surface area contributed by atoms with Crippen LogP contribution in [0.4, 0.5) is 8.78 Å². The number of hydrogen-bond donors (Lipinski definition) is 1. The van der Waals surface area contributed by atoms with E-state index in [9.17, 15) is 13.9 Å². The van der Waals surface area contributed by atoms with Crippen LogP contribution in [-0.4, -0.2) is 22.8 Å². The first-order valence-electron chi connectivity index (χ1n) is 10.6. The molecule has 5 heteroatoms. The number of pyridine rings is 1. The summed E-state index contributed by atoms with van der Waals surface area (Å²) in [5, 5.41) is 9.28. The predicted molar refractivity (Wildman–Crippen MR) is 125 cm³/mol. The van der Waals surface area contributed by atoms with Crippen molar-refractivity contribution in [3.63, 3.8) is 0 Å². The molecule has 1 unspecified atom stereocenters. The highest BCUT2D eigenvalue weighted by Crippen LogP contribution is 2.30. The third-order valence-electron chi connectivity index (χ3n) is 4.99. The number of unbranched alkanes of at least 4 members (excludes halogenated alkanes) is 1. The Kier molecular flexibility index (Phi) is 8.28. The average Bonchev–Trinajstić information content (AvgIpc) is 2.80. The zero-order valence-corrected chi connectivity index (χ0v) is 18.1. The van der Waals surface area contributed by atoms with Crippen LogP contribution in [0.25, 0.3) is 28.5 Å². The highest BCUT2D eigenvalue weighted by molar-refractivity contribution is 5.68. The van der Waals surface area contributed by atoms with E-state index in [0.29, 0.717) is 5.56 Å². The Balaban J connectivity index is 1.69. The van der Waals surface area contributed by atoms with E-state index in [1.54, 1.807) is 19.1 Å². The van der Waals surface area contributed by atoms with Gasteiger partial charge in [0.1, 0.15) is 6.61 Å². The first-order valence-corrected chi connectivity index (χ1v) is 10.6. The van der Waals surface area contributed by atoms with Crippen molar-refractivity contribution in [2.75, 3.05) is 6.61 Å². The summed E-state index contributed by atoms with van der Waals surface area (Å²) in [6.45, 7) is 5.40. The van der Waals surface area contributed by atoms with Gasteiger partial charge in [-0.1, -0.05) is 55.1 Å². The minimum atomic E-state index is -1.03. The van der Waals surface area contributed by atoms with Crippen LogP contribution >= 0.6 is 0 Å². The van der Waals surface area contributed by atoms with Gasteiger partial charge in [0, 0.05) is 22.9 Å². The molecule has 0 aliphatic rings. The lowest BCUT2D eigenvalue weighted by molar-refractivity contribution is 0.182. The van der Waals surface area contributed by atoms with Crippen molar-refractivity contribution in [3.8, 4) is 28.1 Å². The third kappa shape index (κ3) is 6.11. The highest BCUT2D eigenvalue weighted by atomic mass is 19.2. The van der Waals surface area contributed by atoms with Gasteiger partial charge >= 0.3 is 0 Å². The van der Waals surface area contributed by atoms with Crippen molar-refractivity contribution in [3.05, 3.63) is 90.7 Å². The van der Waals surface area contributed by atoms with E-state index in [2.05, 4.69) is 23.7 Å². The lowest BCUT2D eigenvalue weighted by Crippen LogP contribution is -1.99. The third-order valence-corrected chi connectivity index (χ3v) is 4.99. The second-order valence-electron chi connectivity index (χ2n) is 7.58. The Morgan fingerprint density at radius 1 is 1.03 bits per heavy atom. The van der Waals surface area contributed by atoms with Gasteiger partial charge < -0.3 is 9.84 Å². The fourth-order valence-corrected chi connectivity index (χ4v) is 3.25. The van der Waals surface area contributed by atoms with E-state index in [0.717, 1.165) is 36.1 Å². The summed E-state index contributed by atoms with van der Waals surface area (Å²) in [5.41, 5.74) is 3.37. The van der Waals surface area contributed by atoms with E-state index in [1.807, 2.05) is 24.3 Å². The topological polar surface area (TPSA) is 42.4 Å². The minimum absolute atomic E-state index is 0.101. The molecule has 166 valence electrons. The molecule has 3 rings (SSSR count). The first kappa shape index (κ1) is 23.4. The average molecular weight is 436 g/mol. The number of aliphatic hydroxyl groups excluding tert-OH is 1.